The zero-order chi connectivity index (χ0) is 15.1. The number of nitrogens with zero attached hydrogens (tertiary/aromatic N) is 1. The molecule has 1 aromatic heterocycles. The molecule has 0 fully saturated rings. The van der Waals surface area contributed by atoms with E-state index in [1.54, 1.807) is 10.6 Å². The molecule has 2 aromatic rings. The van der Waals surface area contributed by atoms with E-state index in [-0.39, 0.29) is 17.6 Å². The highest BCUT2D eigenvalue weighted by Gasteiger charge is 2.34. The maximum atomic E-state index is 13.2. The van der Waals surface area contributed by atoms with Crippen molar-refractivity contribution in [2.24, 2.45) is 5.73 Å². The van der Waals surface area contributed by atoms with Crippen molar-refractivity contribution in [2.75, 3.05) is 0 Å². The van der Waals surface area contributed by atoms with Crippen LogP contribution in [0.5, 0.6) is 0 Å². The van der Waals surface area contributed by atoms with Gasteiger partial charge in [-0.2, -0.15) is 13.2 Å². The maximum Gasteiger partial charge on any atom is 0.418 e. The summed E-state index contributed by atoms with van der Waals surface area (Å²) in [6.45, 7) is 5.63. The molecule has 2 nitrogen and oxygen atoms in total. The number of nitrogens with two attached hydrogens (primary N) is 1. The molecule has 20 heavy (non-hydrogen) atoms. The molecule has 0 amide bonds. The number of para-hydroxylation sites is 1. The van der Waals surface area contributed by atoms with Gasteiger partial charge < -0.3 is 10.3 Å². The highest BCUT2D eigenvalue weighted by molar-refractivity contribution is 5.85. The Morgan fingerprint density at radius 1 is 1.20 bits per heavy atom. The Labute approximate surface area is 116 Å². The molecule has 0 aliphatic rings. The fourth-order valence-electron chi connectivity index (χ4n) is 2.65. The molecule has 0 saturated heterocycles. The van der Waals surface area contributed by atoms with Crippen LogP contribution >= 0.6 is 0 Å². The number of benzene rings is 1. The zero-order valence-corrected chi connectivity index (χ0v) is 11.8. The molecular formula is C15H19F3N2. The number of rotatable bonds is 3. The van der Waals surface area contributed by atoms with Gasteiger partial charge in [-0.05, 0) is 32.9 Å². The van der Waals surface area contributed by atoms with Gasteiger partial charge >= 0.3 is 6.18 Å². The van der Waals surface area contributed by atoms with Gasteiger partial charge in [-0.1, -0.05) is 12.1 Å². The molecule has 0 spiro atoms. The number of hydrogen-bond donors (Lipinski definition) is 1. The second-order valence-corrected chi connectivity index (χ2v) is 5.52. The van der Waals surface area contributed by atoms with E-state index in [0.717, 1.165) is 11.8 Å². The summed E-state index contributed by atoms with van der Waals surface area (Å²) in [5.74, 6) is 0. The van der Waals surface area contributed by atoms with E-state index in [9.17, 15) is 13.2 Å². The topological polar surface area (TPSA) is 30.9 Å². The SMILES string of the molecule is CC(N)Cc1cc2cccc(C(F)(F)F)c2n1C(C)C. The van der Waals surface area contributed by atoms with Crippen molar-refractivity contribution >= 4 is 10.9 Å². The molecule has 0 bridgehead atoms. The minimum Gasteiger partial charge on any atom is -0.342 e. The Morgan fingerprint density at radius 3 is 2.35 bits per heavy atom. The molecule has 2 rings (SSSR count). The largest absolute Gasteiger partial charge is 0.418 e. The molecule has 0 saturated carbocycles. The summed E-state index contributed by atoms with van der Waals surface area (Å²) in [5.41, 5.74) is 6.32. The first-order valence-electron chi connectivity index (χ1n) is 6.67. The molecule has 0 radical (unpaired) electrons. The van der Waals surface area contributed by atoms with Crippen LogP contribution in [0.1, 0.15) is 38.1 Å². The number of aromatic nitrogens is 1. The lowest BCUT2D eigenvalue weighted by molar-refractivity contribution is -0.136. The molecule has 5 heteroatoms. The van der Waals surface area contributed by atoms with Gasteiger partial charge in [0.05, 0.1) is 11.1 Å². The van der Waals surface area contributed by atoms with Crippen molar-refractivity contribution in [2.45, 2.75) is 45.5 Å². The minimum absolute atomic E-state index is 0.0512. The molecule has 1 heterocycles. The summed E-state index contributed by atoms with van der Waals surface area (Å²) in [5, 5.41) is 0.615. The zero-order valence-electron chi connectivity index (χ0n) is 11.8. The van der Waals surface area contributed by atoms with Crippen LogP contribution in [-0.2, 0) is 12.6 Å². The summed E-state index contributed by atoms with van der Waals surface area (Å²) in [7, 11) is 0. The average molecular weight is 284 g/mol. The predicted octanol–water partition coefficient (Wildman–Crippen LogP) is 4.13. The normalized spacial score (nSPS) is 14.2. The monoisotopic (exact) mass is 284 g/mol. The quantitative estimate of drug-likeness (QED) is 0.902. The first kappa shape index (κ1) is 14.9. The van der Waals surface area contributed by atoms with E-state index in [1.807, 2.05) is 26.8 Å². The van der Waals surface area contributed by atoms with Crippen LogP contribution in [-0.4, -0.2) is 10.6 Å². The Morgan fingerprint density at radius 2 is 1.85 bits per heavy atom. The second kappa shape index (κ2) is 5.13. The summed E-state index contributed by atoms with van der Waals surface area (Å²) in [4.78, 5) is 0. The van der Waals surface area contributed by atoms with Gasteiger partial charge in [0.25, 0.3) is 0 Å². The predicted molar refractivity (Wildman–Crippen MR) is 74.7 cm³/mol. The number of hydrogen-bond acceptors (Lipinski definition) is 1. The third kappa shape index (κ3) is 2.68. The number of alkyl halides is 3. The average Bonchev–Trinajstić information content (AvgIpc) is 2.63. The van der Waals surface area contributed by atoms with Crippen LogP contribution in [0.25, 0.3) is 10.9 Å². The van der Waals surface area contributed by atoms with Crippen LogP contribution in [0.2, 0.25) is 0 Å². The lowest BCUT2D eigenvalue weighted by atomic mass is 10.1. The standard InChI is InChI=1S/C15H19F3N2/c1-9(2)20-12(7-10(3)19)8-11-5-4-6-13(14(11)20)15(16,17)18/h4-6,8-10H,7,19H2,1-3H3. The smallest absolute Gasteiger partial charge is 0.342 e. The molecule has 1 aromatic carbocycles. The second-order valence-electron chi connectivity index (χ2n) is 5.52. The van der Waals surface area contributed by atoms with Crippen molar-refractivity contribution in [3.63, 3.8) is 0 Å². The third-order valence-electron chi connectivity index (χ3n) is 3.29. The van der Waals surface area contributed by atoms with Gasteiger partial charge in [0.2, 0.25) is 0 Å². The molecule has 1 unspecified atom stereocenters. The molecule has 1 atom stereocenters. The van der Waals surface area contributed by atoms with Crippen LogP contribution in [0, 0.1) is 0 Å². The van der Waals surface area contributed by atoms with Gasteiger partial charge in [0, 0.05) is 29.6 Å². The van der Waals surface area contributed by atoms with Gasteiger partial charge in [0.1, 0.15) is 0 Å². The van der Waals surface area contributed by atoms with Gasteiger partial charge in [-0.15, -0.1) is 0 Å². The van der Waals surface area contributed by atoms with Crippen molar-refractivity contribution in [3.8, 4) is 0 Å². The van der Waals surface area contributed by atoms with Crippen molar-refractivity contribution in [1.29, 1.82) is 0 Å². The first-order valence-corrected chi connectivity index (χ1v) is 6.67. The summed E-state index contributed by atoms with van der Waals surface area (Å²) in [6.07, 6.45) is -3.79. The lowest BCUT2D eigenvalue weighted by Crippen LogP contribution is -2.21. The molecule has 0 aliphatic carbocycles. The van der Waals surface area contributed by atoms with E-state index in [2.05, 4.69) is 0 Å². The molecular weight excluding hydrogens is 265 g/mol. The van der Waals surface area contributed by atoms with Crippen molar-refractivity contribution in [1.82, 2.24) is 4.57 Å². The fraction of sp³-hybridized carbons (Fsp3) is 0.467. The summed E-state index contributed by atoms with van der Waals surface area (Å²) < 4.78 is 41.3. The Bertz CT molecular complexity index is 609. The van der Waals surface area contributed by atoms with E-state index >= 15 is 0 Å². The van der Waals surface area contributed by atoms with E-state index < -0.39 is 11.7 Å². The molecule has 0 aliphatic heterocycles. The Kier molecular flexibility index (Phi) is 3.82. The lowest BCUT2D eigenvalue weighted by Gasteiger charge is -2.18. The minimum atomic E-state index is -4.35. The van der Waals surface area contributed by atoms with Crippen molar-refractivity contribution in [3.05, 3.63) is 35.5 Å². The van der Waals surface area contributed by atoms with Crippen molar-refractivity contribution < 1.29 is 13.2 Å². The van der Waals surface area contributed by atoms with Crippen LogP contribution < -0.4 is 5.73 Å². The van der Waals surface area contributed by atoms with Crippen LogP contribution in [0.3, 0.4) is 0 Å². The van der Waals surface area contributed by atoms with Crippen LogP contribution in [0.15, 0.2) is 24.3 Å². The molecule has 2 N–H and O–H groups in total. The van der Waals surface area contributed by atoms with E-state index in [1.165, 1.54) is 6.07 Å². The van der Waals surface area contributed by atoms with Crippen LogP contribution in [0.4, 0.5) is 13.2 Å². The fourth-order valence-corrected chi connectivity index (χ4v) is 2.65. The number of halogens is 3. The first-order chi connectivity index (χ1) is 9.21. The highest BCUT2D eigenvalue weighted by Crippen LogP contribution is 2.37. The van der Waals surface area contributed by atoms with Gasteiger partial charge in [-0.3, -0.25) is 0 Å². The summed E-state index contributed by atoms with van der Waals surface area (Å²) >= 11 is 0. The van der Waals surface area contributed by atoms with Gasteiger partial charge in [0.15, 0.2) is 0 Å². The Balaban J connectivity index is 2.77. The maximum absolute atomic E-state index is 13.2. The van der Waals surface area contributed by atoms with Gasteiger partial charge in [-0.25, -0.2) is 0 Å². The highest BCUT2D eigenvalue weighted by atomic mass is 19.4. The van der Waals surface area contributed by atoms with E-state index in [4.69, 9.17) is 5.73 Å². The third-order valence-corrected chi connectivity index (χ3v) is 3.29. The summed E-state index contributed by atoms with van der Waals surface area (Å²) in [6, 6.07) is 5.97. The number of fused-ring (bicyclic) bond motifs is 1. The molecule has 110 valence electrons. The van der Waals surface area contributed by atoms with E-state index in [0.29, 0.717) is 11.8 Å². The Hall–Kier alpha value is -1.49.